The molecule has 3 N–H and O–H groups in total. The Labute approximate surface area is 110 Å². The third kappa shape index (κ3) is 2.54. The molecule has 3 rings (SSSR count). The van der Waals surface area contributed by atoms with E-state index in [4.69, 9.17) is 5.73 Å². The fourth-order valence-corrected chi connectivity index (χ4v) is 2.15. The molecule has 1 aliphatic rings. The summed E-state index contributed by atoms with van der Waals surface area (Å²) < 4.78 is 0. The lowest BCUT2D eigenvalue weighted by Gasteiger charge is -2.04. The van der Waals surface area contributed by atoms with Crippen molar-refractivity contribution in [3.63, 3.8) is 0 Å². The van der Waals surface area contributed by atoms with Crippen LogP contribution in [-0.4, -0.2) is 22.1 Å². The zero-order chi connectivity index (χ0) is 13.2. The standard InChI is InChI=1S/C14H14N4O/c15-14(19)11-6-7-13(18-17-11)16-12-8-10(12)9-4-2-1-3-5-9/h1-7,10,12H,8H2,(H2,15,19)(H,16,18). The first-order valence-electron chi connectivity index (χ1n) is 6.19. The Morgan fingerprint density at radius 2 is 1.95 bits per heavy atom. The zero-order valence-electron chi connectivity index (χ0n) is 10.3. The lowest BCUT2D eigenvalue weighted by atomic mass is 10.1. The number of nitrogens with two attached hydrogens (primary N) is 1. The molecule has 0 bridgehead atoms. The van der Waals surface area contributed by atoms with Gasteiger partial charge in [-0.15, -0.1) is 10.2 Å². The van der Waals surface area contributed by atoms with Gasteiger partial charge in [0.05, 0.1) is 0 Å². The number of amides is 1. The molecule has 2 aromatic rings. The van der Waals surface area contributed by atoms with Gasteiger partial charge >= 0.3 is 0 Å². The summed E-state index contributed by atoms with van der Waals surface area (Å²) in [7, 11) is 0. The predicted molar refractivity (Wildman–Crippen MR) is 71.8 cm³/mol. The molecule has 0 aliphatic heterocycles. The number of anilines is 1. The van der Waals surface area contributed by atoms with Crippen LogP contribution in [0.1, 0.15) is 28.4 Å². The van der Waals surface area contributed by atoms with E-state index in [2.05, 4.69) is 27.6 Å². The number of aromatic nitrogens is 2. The van der Waals surface area contributed by atoms with Gasteiger partial charge in [-0.25, -0.2) is 0 Å². The summed E-state index contributed by atoms with van der Waals surface area (Å²) in [5.41, 5.74) is 6.63. The number of hydrogen-bond acceptors (Lipinski definition) is 4. The number of rotatable bonds is 4. The minimum Gasteiger partial charge on any atom is -0.365 e. The summed E-state index contributed by atoms with van der Waals surface area (Å²) in [5, 5.41) is 11.0. The molecule has 1 fully saturated rings. The summed E-state index contributed by atoms with van der Waals surface area (Å²) in [5.74, 6) is 0.639. The van der Waals surface area contributed by atoms with Crippen LogP contribution < -0.4 is 11.1 Å². The van der Waals surface area contributed by atoms with Gasteiger partial charge in [0.15, 0.2) is 5.69 Å². The molecule has 0 radical (unpaired) electrons. The van der Waals surface area contributed by atoms with E-state index in [1.165, 1.54) is 5.56 Å². The monoisotopic (exact) mass is 254 g/mol. The molecule has 0 spiro atoms. The number of carbonyl (C=O) groups excluding carboxylic acids is 1. The second-order valence-corrected chi connectivity index (χ2v) is 4.67. The maximum atomic E-state index is 10.9. The first kappa shape index (κ1) is 11.6. The van der Waals surface area contributed by atoms with Crippen molar-refractivity contribution in [1.82, 2.24) is 10.2 Å². The zero-order valence-corrected chi connectivity index (χ0v) is 10.3. The van der Waals surface area contributed by atoms with Gasteiger partial charge in [0.1, 0.15) is 5.82 Å². The maximum absolute atomic E-state index is 10.9. The quantitative estimate of drug-likeness (QED) is 0.867. The Balaban J connectivity index is 1.63. The molecule has 1 aliphatic carbocycles. The third-order valence-corrected chi connectivity index (χ3v) is 3.27. The molecule has 1 aromatic carbocycles. The molecule has 2 atom stereocenters. The number of nitrogens with one attached hydrogen (secondary N) is 1. The Kier molecular flexibility index (Phi) is 2.87. The third-order valence-electron chi connectivity index (χ3n) is 3.27. The Morgan fingerprint density at radius 3 is 2.58 bits per heavy atom. The fourth-order valence-electron chi connectivity index (χ4n) is 2.15. The molecule has 19 heavy (non-hydrogen) atoms. The van der Waals surface area contributed by atoms with Crippen molar-refractivity contribution in [2.45, 2.75) is 18.4 Å². The van der Waals surface area contributed by atoms with Gasteiger partial charge in [-0.3, -0.25) is 4.79 Å². The first-order chi connectivity index (χ1) is 9.24. The van der Waals surface area contributed by atoms with Crippen LogP contribution in [0.15, 0.2) is 42.5 Å². The average molecular weight is 254 g/mol. The summed E-state index contributed by atoms with van der Waals surface area (Å²) in [6, 6.07) is 14.1. The number of hydrogen-bond donors (Lipinski definition) is 2. The van der Waals surface area contributed by atoms with Gasteiger partial charge in [-0.1, -0.05) is 30.3 Å². The van der Waals surface area contributed by atoms with E-state index in [0.29, 0.717) is 17.8 Å². The molecule has 1 heterocycles. The van der Waals surface area contributed by atoms with Crippen molar-refractivity contribution in [2.24, 2.45) is 5.73 Å². The van der Waals surface area contributed by atoms with Crippen LogP contribution in [0.4, 0.5) is 5.82 Å². The van der Waals surface area contributed by atoms with Gasteiger partial charge in [0.2, 0.25) is 0 Å². The number of carbonyl (C=O) groups is 1. The van der Waals surface area contributed by atoms with Crippen molar-refractivity contribution >= 4 is 11.7 Å². The van der Waals surface area contributed by atoms with Crippen molar-refractivity contribution in [2.75, 3.05) is 5.32 Å². The molecule has 1 aromatic heterocycles. The van der Waals surface area contributed by atoms with Crippen LogP contribution in [0.5, 0.6) is 0 Å². The largest absolute Gasteiger partial charge is 0.365 e. The number of primary amides is 1. The van der Waals surface area contributed by atoms with Gasteiger partial charge in [0.25, 0.3) is 5.91 Å². The van der Waals surface area contributed by atoms with E-state index < -0.39 is 5.91 Å². The van der Waals surface area contributed by atoms with Crippen molar-refractivity contribution in [3.8, 4) is 0 Å². The minimum atomic E-state index is -0.562. The molecular formula is C14H14N4O. The van der Waals surface area contributed by atoms with Crippen LogP contribution >= 0.6 is 0 Å². The second kappa shape index (κ2) is 4.68. The van der Waals surface area contributed by atoms with E-state index in [0.717, 1.165) is 6.42 Å². The predicted octanol–water partition coefficient (Wildman–Crippen LogP) is 1.54. The molecular weight excluding hydrogens is 240 g/mol. The Hall–Kier alpha value is -2.43. The highest BCUT2D eigenvalue weighted by Gasteiger charge is 2.38. The topological polar surface area (TPSA) is 80.9 Å². The van der Waals surface area contributed by atoms with Crippen LogP contribution in [0.3, 0.4) is 0 Å². The van der Waals surface area contributed by atoms with Crippen LogP contribution in [-0.2, 0) is 0 Å². The van der Waals surface area contributed by atoms with Crippen molar-refractivity contribution in [1.29, 1.82) is 0 Å². The molecule has 1 saturated carbocycles. The number of benzene rings is 1. The Morgan fingerprint density at radius 1 is 1.16 bits per heavy atom. The van der Waals surface area contributed by atoms with Crippen LogP contribution in [0.25, 0.3) is 0 Å². The molecule has 5 nitrogen and oxygen atoms in total. The average Bonchev–Trinajstić information content (AvgIpc) is 3.20. The normalized spacial score (nSPS) is 20.8. The lowest BCUT2D eigenvalue weighted by molar-refractivity contribution is 0.0994. The van der Waals surface area contributed by atoms with Crippen molar-refractivity contribution in [3.05, 3.63) is 53.7 Å². The number of nitrogens with zero attached hydrogens (tertiary/aromatic N) is 2. The molecule has 96 valence electrons. The van der Waals surface area contributed by atoms with E-state index in [1.807, 2.05) is 18.2 Å². The lowest BCUT2D eigenvalue weighted by Crippen LogP contribution is -2.14. The molecule has 1 amide bonds. The van der Waals surface area contributed by atoms with E-state index in [1.54, 1.807) is 12.1 Å². The fraction of sp³-hybridized carbons (Fsp3) is 0.214. The van der Waals surface area contributed by atoms with Gasteiger partial charge in [0, 0.05) is 12.0 Å². The van der Waals surface area contributed by atoms with Gasteiger partial charge < -0.3 is 11.1 Å². The van der Waals surface area contributed by atoms with Gasteiger partial charge in [-0.05, 0) is 24.1 Å². The summed E-state index contributed by atoms with van der Waals surface area (Å²) >= 11 is 0. The molecule has 5 heteroatoms. The summed E-state index contributed by atoms with van der Waals surface area (Å²) in [6.45, 7) is 0. The smallest absolute Gasteiger partial charge is 0.269 e. The van der Waals surface area contributed by atoms with Crippen LogP contribution in [0.2, 0.25) is 0 Å². The van der Waals surface area contributed by atoms with Crippen LogP contribution in [0, 0.1) is 0 Å². The summed E-state index contributed by atoms with van der Waals surface area (Å²) in [6.07, 6.45) is 1.09. The van der Waals surface area contributed by atoms with Crippen molar-refractivity contribution < 1.29 is 4.79 Å². The van der Waals surface area contributed by atoms with E-state index in [-0.39, 0.29) is 5.69 Å². The highest BCUT2D eigenvalue weighted by Crippen LogP contribution is 2.42. The Bertz CT molecular complexity index is 582. The first-order valence-corrected chi connectivity index (χ1v) is 6.19. The molecule has 2 unspecified atom stereocenters. The van der Waals surface area contributed by atoms with E-state index >= 15 is 0 Å². The molecule has 0 saturated heterocycles. The summed E-state index contributed by atoms with van der Waals surface area (Å²) in [4.78, 5) is 10.9. The maximum Gasteiger partial charge on any atom is 0.269 e. The van der Waals surface area contributed by atoms with E-state index in [9.17, 15) is 4.79 Å². The highest BCUT2D eigenvalue weighted by molar-refractivity contribution is 5.90. The van der Waals surface area contributed by atoms with Gasteiger partial charge in [-0.2, -0.15) is 0 Å². The second-order valence-electron chi connectivity index (χ2n) is 4.67. The SMILES string of the molecule is NC(=O)c1ccc(NC2CC2c2ccccc2)nn1. The minimum absolute atomic E-state index is 0.181. The highest BCUT2D eigenvalue weighted by atomic mass is 16.1.